The first-order valence-electron chi connectivity index (χ1n) is 9.26. The second-order valence-corrected chi connectivity index (χ2v) is 9.14. The molecule has 0 saturated carbocycles. The van der Waals surface area contributed by atoms with Crippen LogP contribution >= 0.6 is 0 Å². The maximum atomic E-state index is 12.2. The van der Waals surface area contributed by atoms with Gasteiger partial charge >= 0.3 is 0 Å². The molecule has 0 unspecified atom stereocenters. The van der Waals surface area contributed by atoms with Crippen molar-refractivity contribution in [3.05, 3.63) is 72.4 Å². The van der Waals surface area contributed by atoms with E-state index >= 15 is 0 Å². The number of nitrogens with zero attached hydrogens (tertiary/aromatic N) is 3. The SMILES string of the molecule is O=C(N/N=C\c1cn(-c2ccccc2)nc1-c1ccccc1)[C@H]1CCS(=O)(=O)C1. The largest absolute Gasteiger partial charge is 0.273 e. The molecule has 1 amide bonds. The number of hydrazone groups is 1. The van der Waals surface area contributed by atoms with Gasteiger partial charge in [0.05, 0.1) is 29.3 Å². The molecule has 2 heterocycles. The molecule has 2 aromatic carbocycles. The number of aromatic nitrogens is 2. The molecule has 1 N–H and O–H groups in total. The molecule has 1 aliphatic heterocycles. The van der Waals surface area contributed by atoms with Gasteiger partial charge in [-0.3, -0.25) is 4.79 Å². The summed E-state index contributed by atoms with van der Waals surface area (Å²) in [5.41, 5.74) is 5.77. The molecular formula is C21H20N4O3S. The number of para-hydroxylation sites is 1. The minimum atomic E-state index is -3.11. The highest BCUT2D eigenvalue weighted by molar-refractivity contribution is 7.91. The molecule has 0 radical (unpaired) electrons. The highest BCUT2D eigenvalue weighted by Gasteiger charge is 2.32. The van der Waals surface area contributed by atoms with E-state index in [0.29, 0.717) is 6.42 Å². The van der Waals surface area contributed by atoms with Crippen molar-refractivity contribution >= 4 is 22.0 Å². The molecule has 1 aliphatic rings. The minimum absolute atomic E-state index is 0.0524. The molecular weight excluding hydrogens is 388 g/mol. The predicted molar refractivity (Wildman–Crippen MR) is 111 cm³/mol. The first-order chi connectivity index (χ1) is 14.0. The van der Waals surface area contributed by atoms with Crippen LogP contribution in [0.25, 0.3) is 16.9 Å². The standard InChI is InChI=1S/C21H20N4O3S/c26-21(17-11-12-29(27,28)15-17)23-22-13-18-14-25(19-9-5-2-6-10-19)24-20(18)16-7-3-1-4-8-16/h1-10,13-14,17H,11-12,15H2,(H,23,26)/b22-13-/t17-/m0/s1. The van der Waals surface area contributed by atoms with E-state index in [1.165, 1.54) is 6.21 Å². The number of carbonyl (C=O) groups is 1. The van der Waals surface area contributed by atoms with Crippen LogP contribution < -0.4 is 5.43 Å². The van der Waals surface area contributed by atoms with Crippen LogP contribution in [0.1, 0.15) is 12.0 Å². The Morgan fingerprint density at radius 1 is 1.10 bits per heavy atom. The highest BCUT2D eigenvalue weighted by Crippen LogP contribution is 2.22. The van der Waals surface area contributed by atoms with E-state index in [1.807, 2.05) is 66.9 Å². The lowest BCUT2D eigenvalue weighted by molar-refractivity contribution is -0.124. The molecule has 1 saturated heterocycles. The third-order valence-corrected chi connectivity index (χ3v) is 6.56. The van der Waals surface area contributed by atoms with Crippen molar-refractivity contribution in [3.63, 3.8) is 0 Å². The first kappa shape index (κ1) is 19.1. The van der Waals surface area contributed by atoms with E-state index < -0.39 is 15.8 Å². The van der Waals surface area contributed by atoms with Gasteiger partial charge in [-0.2, -0.15) is 10.2 Å². The number of rotatable bonds is 5. The zero-order valence-corrected chi connectivity index (χ0v) is 16.4. The van der Waals surface area contributed by atoms with Crippen molar-refractivity contribution in [1.29, 1.82) is 0 Å². The number of amides is 1. The van der Waals surface area contributed by atoms with Crippen molar-refractivity contribution < 1.29 is 13.2 Å². The summed E-state index contributed by atoms with van der Waals surface area (Å²) < 4.78 is 24.9. The van der Waals surface area contributed by atoms with Gasteiger partial charge in [-0.25, -0.2) is 18.5 Å². The van der Waals surface area contributed by atoms with E-state index in [1.54, 1.807) is 4.68 Å². The van der Waals surface area contributed by atoms with Crippen molar-refractivity contribution in [1.82, 2.24) is 15.2 Å². The molecule has 1 aromatic heterocycles. The molecule has 1 atom stereocenters. The van der Waals surface area contributed by atoms with Crippen LogP contribution in [0.4, 0.5) is 0 Å². The normalized spacial score (nSPS) is 18.1. The van der Waals surface area contributed by atoms with E-state index in [9.17, 15) is 13.2 Å². The molecule has 3 aromatic rings. The molecule has 148 valence electrons. The molecule has 4 rings (SSSR count). The highest BCUT2D eigenvalue weighted by atomic mass is 32.2. The van der Waals surface area contributed by atoms with Gasteiger partial charge in [0.25, 0.3) is 0 Å². The second-order valence-electron chi connectivity index (χ2n) is 6.91. The van der Waals surface area contributed by atoms with Crippen LogP contribution in [-0.4, -0.2) is 41.8 Å². The Labute approximate surface area is 169 Å². The average molecular weight is 408 g/mol. The Balaban J connectivity index is 1.58. The van der Waals surface area contributed by atoms with E-state index in [2.05, 4.69) is 15.6 Å². The summed E-state index contributed by atoms with van der Waals surface area (Å²) in [4.78, 5) is 12.2. The molecule has 0 spiro atoms. The summed E-state index contributed by atoms with van der Waals surface area (Å²) in [6, 6.07) is 19.4. The molecule has 1 fully saturated rings. The summed E-state index contributed by atoms with van der Waals surface area (Å²) in [7, 11) is -3.11. The van der Waals surface area contributed by atoms with Gasteiger partial charge in [0.15, 0.2) is 9.84 Å². The van der Waals surface area contributed by atoms with Gasteiger partial charge in [-0.15, -0.1) is 0 Å². The zero-order chi connectivity index (χ0) is 20.3. The fourth-order valence-electron chi connectivity index (χ4n) is 3.27. The molecule has 0 bridgehead atoms. The van der Waals surface area contributed by atoms with Crippen LogP contribution in [0.2, 0.25) is 0 Å². The number of sulfone groups is 1. The Morgan fingerprint density at radius 3 is 2.45 bits per heavy atom. The van der Waals surface area contributed by atoms with Gasteiger partial charge in [0, 0.05) is 17.3 Å². The molecule has 7 nitrogen and oxygen atoms in total. The van der Waals surface area contributed by atoms with E-state index in [-0.39, 0.29) is 17.4 Å². The topological polar surface area (TPSA) is 93.4 Å². The van der Waals surface area contributed by atoms with E-state index in [0.717, 1.165) is 22.5 Å². The summed E-state index contributed by atoms with van der Waals surface area (Å²) >= 11 is 0. The molecule has 29 heavy (non-hydrogen) atoms. The number of benzene rings is 2. The number of hydrogen-bond donors (Lipinski definition) is 1. The van der Waals surface area contributed by atoms with Gasteiger partial charge in [-0.05, 0) is 18.6 Å². The van der Waals surface area contributed by atoms with Crippen molar-refractivity contribution in [2.24, 2.45) is 11.0 Å². The monoisotopic (exact) mass is 408 g/mol. The Morgan fingerprint density at radius 2 is 1.79 bits per heavy atom. The van der Waals surface area contributed by atoms with Crippen LogP contribution in [0.15, 0.2) is 72.0 Å². The lowest BCUT2D eigenvalue weighted by Crippen LogP contribution is -2.27. The van der Waals surface area contributed by atoms with Crippen LogP contribution in [0, 0.1) is 5.92 Å². The van der Waals surface area contributed by atoms with Gasteiger partial charge in [-0.1, -0.05) is 48.5 Å². The molecule has 0 aliphatic carbocycles. The van der Waals surface area contributed by atoms with Crippen LogP contribution in [0.5, 0.6) is 0 Å². The summed E-state index contributed by atoms with van der Waals surface area (Å²) in [6.45, 7) is 0. The predicted octanol–water partition coefficient (Wildman–Crippen LogP) is 2.42. The number of nitrogens with one attached hydrogen (secondary N) is 1. The zero-order valence-electron chi connectivity index (χ0n) is 15.6. The Bertz CT molecular complexity index is 1140. The average Bonchev–Trinajstić information content (AvgIpc) is 3.32. The maximum absolute atomic E-state index is 12.2. The summed E-state index contributed by atoms with van der Waals surface area (Å²) in [6.07, 6.45) is 3.72. The quantitative estimate of drug-likeness (QED) is 0.518. The minimum Gasteiger partial charge on any atom is -0.273 e. The van der Waals surface area contributed by atoms with Crippen molar-refractivity contribution in [2.45, 2.75) is 6.42 Å². The lowest BCUT2D eigenvalue weighted by atomic mass is 10.1. The van der Waals surface area contributed by atoms with Crippen molar-refractivity contribution in [2.75, 3.05) is 11.5 Å². The third kappa shape index (κ3) is 4.43. The first-order valence-corrected chi connectivity index (χ1v) is 11.1. The summed E-state index contributed by atoms with van der Waals surface area (Å²) in [5.74, 6) is -0.983. The lowest BCUT2D eigenvalue weighted by Gasteiger charge is -2.04. The van der Waals surface area contributed by atoms with Crippen LogP contribution in [-0.2, 0) is 14.6 Å². The van der Waals surface area contributed by atoms with Gasteiger partial charge in [0.1, 0.15) is 5.69 Å². The Hall–Kier alpha value is -3.26. The van der Waals surface area contributed by atoms with Crippen LogP contribution in [0.3, 0.4) is 0 Å². The second kappa shape index (κ2) is 8.00. The van der Waals surface area contributed by atoms with Gasteiger partial charge in [0.2, 0.25) is 5.91 Å². The summed E-state index contributed by atoms with van der Waals surface area (Å²) in [5, 5.41) is 8.73. The number of carbonyl (C=O) groups excluding carboxylic acids is 1. The Kier molecular flexibility index (Phi) is 5.26. The molecule has 8 heteroatoms. The van der Waals surface area contributed by atoms with E-state index in [4.69, 9.17) is 0 Å². The third-order valence-electron chi connectivity index (χ3n) is 4.79. The fourth-order valence-corrected chi connectivity index (χ4v) is 5.02. The van der Waals surface area contributed by atoms with Gasteiger partial charge < -0.3 is 0 Å². The number of hydrogen-bond acceptors (Lipinski definition) is 5. The van der Waals surface area contributed by atoms with Crippen molar-refractivity contribution in [3.8, 4) is 16.9 Å². The smallest absolute Gasteiger partial charge is 0.244 e. The fraction of sp³-hybridized carbons (Fsp3) is 0.190. The maximum Gasteiger partial charge on any atom is 0.244 e.